The predicted molar refractivity (Wildman–Crippen MR) is 131 cm³/mol. The van der Waals surface area contributed by atoms with E-state index in [0.29, 0.717) is 34.3 Å². The highest BCUT2D eigenvalue weighted by molar-refractivity contribution is 6.33. The highest BCUT2D eigenvalue weighted by atomic mass is 35.5. The second-order valence-corrected chi connectivity index (χ2v) is 8.44. The number of aryl methyl sites for hydroxylation is 1. The minimum atomic E-state index is -0.531. The molecule has 1 aliphatic heterocycles. The van der Waals surface area contributed by atoms with Crippen LogP contribution in [0.15, 0.2) is 48.7 Å². The number of halogens is 1. The van der Waals surface area contributed by atoms with Crippen LogP contribution in [0.4, 0.5) is 5.95 Å². The maximum Gasteiger partial charge on any atom is 0.254 e. The first-order valence-electron chi connectivity index (χ1n) is 11.1. The van der Waals surface area contributed by atoms with Crippen LogP contribution in [-0.4, -0.2) is 52.0 Å². The van der Waals surface area contributed by atoms with E-state index in [1.54, 1.807) is 13.1 Å². The first kappa shape index (κ1) is 23.7. The zero-order chi connectivity index (χ0) is 24.2. The number of amides is 2. The molecule has 0 saturated heterocycles. The van der Waals surface area contributed by atoms with Gasteiger partial charge in [0.15, 0.2) is 0 Å². The molecule has 0 radical (unpaired) electrons. The maximum atomic E-state index is 13.1. The molecular weight excluding hydrogens is 454 g/mol. The highest BCUT2D eigenvalue weighted by Gasteiger charge is 2.30. The Labute approximate surface area is 203 Å². The zero-order valence-electron chi connectivity index (χ0n) is 19.0. The summed E-state index contributed by atoms with van der Waals surface area (Å²) in [6.07, 6.45) is 2.30. The molecule has 1 aromatic heterocycles. The summed E-state index contributed by atoms with van der Waals surface area (Å²) in [4.78, 5) is 35.8. The van der Waals surface area contributed by atoms with Gasteiger partial charge in [0.25, 0.3) is 5.91 Å². The van der Waals surface area contributed by atoms with Crippen molar-refractivity contribution < 1.29 is 14.7 Å². The van der Waals surface area contributed by atoms with Gasteiger partial charge in [0, 0.05) is 24.7 Å². The Kier molecular flexibility index (Phi) is 7.09. The van der Waals surface area contributed by atoms with Crippen LogP contribution in [0, 0.1) is 0 Å². The summed E-state index contributed by atoms with van der Waals surface area (Å²) in [7, 11) is 1.71. The normalized spacial score (nSPS) is 13.5. The summed E-state index contributed by atoms with van der Waals surface area (Å²) < 4.78 is 0. The van der Waals surface area contributed by atoms with Crippen LogP contribution in [0.3, 0.4) is 0 Å². The number of carbonyl (C=O) groups excluding carboxylic acids is 2. The van der Waals surface area contributed by atoms with Crippen molar-refractivity contribution in [1.29, 1.82) is 0 Å². The van der Waals surface area contributed by atoms with Crippen molar-refractivity contribution in [2.45, 2.75) is 25.9 Å². The van der Waals surface area contributed by atoms with Gasteiger partial charge in [-0.05, 0) is 29.2 Å². The minimum absolute atomic E-state index is 0.105. The van der Waals surface area contributed by atoms with E-state index in [2.05, 4.69) is 20.6 Å². The average molecular weight is 480 g/mol. The smallest absolute Gasteiger partial charge is 0.254 e. The molecule has 0 saturated carbocycles. The summed E-state index contributed by atoms with van der Waals surface area (Å²) in [6, 6.07) is 12.6. The quantitative estimate of drug-likeness (QED) is 0.458. The van der Waals surface area contributed by atoms with Crippen molar-refractivity contribution in [3.63, 3.8) is 0 Å². The lowest BCUT2D eigenvalue weighted by Crippen LogP contribution is -2.40. The number of benzene rings is 2. The van der Waals surface area contributed by atoms with Crippen LogP contribution in [0.5, 0.6) is 0 Å². The van der Waals surface area contributed by atoms with Crippen LogP contribution in [0.2, 0.25) is 5.02 Å². The fourth-order valence-corrected chi connectivity index (χ4v) is 4.36. The molecule has 34 heavy (non-hydrogen) atoms. The molecule has 3 aromatic rings. The molecule has 2 amide bonds. The summed E-state index contributed by atoms with van der Waals surface area (Å²) in [5.41, 5.74) is 4.50. The number of anilines is 1. The molecule has 176 valence electrons. The van der Waals surface area contributed by atoms with Crippen LogP contribution in [0.1, 0.15) is 40.0 Å². The van der Waals surface area contributed by atoms with E-state index in [-0.39, 0.29) is 25.0 Å². The van der Waals surface area contributed by atoms with Gasteiger partial charge in [-0.25, -0.2) is 9.97 Å². The summed E-state index contributed by atoms with van der Waals surface area (Å²) in [6.45, 7) is 2.02. The standard InChI is InChI=1S/C25H26ClN5O3/c1-3-15-6-4-5-7-18(15)21(14-32)29-22(33)13-31-12-17-9-8-16(10-19(17)24(31)34)23-20(26)11-28-25(27-2)30-23/h4-11,21,32H,3,12-14H2,1-2H3,(H,29,33)(H,27,28,30). The molecule has 0 fully saturated rings. The third-order valence-corrected chi connectivity index (χ3v) is 6.17. The van der Waals surface area contributed by atoms with E-state index in [4.69, 9.17) is 11.6 Å². The van der Waals surface area contributed by atoms with E-state index in [0.717, 1.165) is 23.1 Å². The van der Waals surface area contributed by atoms with Gasteiger partial charge in [-0.2, -0.15) is 0 Å². The molecule has 0 bridgehead atoms. The topological polar surface area (TPSA) is 107 Å². The SMILES string of the molecule is CCc1ccccc1C(CO)NC(=O)CN1Cc2ccc(-c3nc(NC)ncc3Cl)cc2C1=O. The lowest BCUT2D eigenvalue weighted by molar-refractivity contribution is -0.122. The lowest BCUT2D eigenvalue weighted by atomic mass is 9.99. The van der Waals surface area contributed by atoms with Crippen molar-refractivity contribution in [3.05, 3.63) is 75.9 Å². The molecule has 3 N–H and O–H groups in total. The van der Waals surface area contributed by atoms with Crippen LogP contribution >= 0.6 is 11.6 Å². The van der Waals surface area contributed by atoms with Crippen molar-refractivity contribution in [3.8, 4) is 11.3 Å². The first-order valence-corrected chi connectivity index (χ1v) is 11.4. The van der Waals surface area contributed by atoms with Crippen molar-refractivity contribution in [1.82, 2.24) is 20.2 Å². The number of nitrogens with one attached hydrogen (secondary N) is 2. The second kappa shape index (κ2) is 10.2. The lowest BCUT2D eigenvalue weighted by Gasteiger charge is -2.22. The van der Waals surface area contributed by atoms with Gasteiger partial charge in [0.1, 0.15) is 6.54 Å². The molecule has 2 aromatic carbocycles. The van der Waals surface area contributed by atoms with E-state index in [1.165, 1.54) is 11.1 Å². The number of rotatable bonds is 8. The Bertz CT molecular complexity index is 1230. The molecule has 2 heterocycles. The van der Waals surface area contributed by atoms with Crippen molar-refractivity contribution >= 4 is 29.4 Å². The van der Waals surface area contributed by atoms with E-state index in [1.807, 2.05) is 43.3 Å². The molecule has 0 aliphatic carbocycles. The first-order chi connectivity index (χ1) is 16.4. The molecule has 9 heteroatoms. The fraction of sp³-hybridized carbons (Fsp3) is 0.280. The van der Waals surface area contributed by atoms with E-state index in [9.17, 15) is 14.7 Å². The van der Waals surface area contributed by atoms with Gasteiger partial charge >= 0.3 is 0 Å². The number of hydrogen-bond donors (Lipinski definition) is 3. The number of fused-ring (bicyclic) bond motifs is 1. The zero-order valence-corrected chi connectivity index (χ0v) is 19.8. The van der Waals surface area contributed by atoms with Crippen LogP contribution in [-0.2, 0) is 17.8 Å². The van der Waals surface area contributed by atoms with Crippen LogP contribution < -0.4 is 10.6 Å². The second-order valence-electron chi connectivity index (χ2n) is 8.03. The number of carbonyl (C=O) groups is 2. The molecule has 8 nitrogen and oxygen atoms in total. The summed E-state index contributed by atoms with van der Waals surface area (Å²) in [5.74, 6) is -0.142. The monoisotopic (exact) mass is 479 g/mol. The van der Waals surface area contributed by atoms with Gasteiger partial charge in [0.05, 0.1) is 29.6 Å². The van der Waals surface area contributed by atoms with Gasteiger partial charge < -0.3 is 20.6 Å². The number of nitrogens with zero attached hydrogens (tertiary/aromatic N) is 3. The van der Waals surface area contributed by atoms with E-state index < -0.39 is 6.04 Å². The van der Waals surface area contributed by atoms with Crippen molar-refractivity contribution in [2.24, 2.45) is 0 Å². The van der Waals surface area contributed by atoms with Gasteiger partial charge in [-0.15, -0.1) is 0 Å². The van der Waals surface area contributed by atoms with Gasteiger partial charge in [-0.3, -0.25) is 9.59 Å². The minimum Gasteiger partial charge on any atom is -0.394 e. The summed E-state index contributed by atoms with van der Waals surface area (Å²) in [5, 5.41) is 16.0. The molecule has 0 spiro atoms. The van der Waals surface area contributed by atoms with Crippen molar-refractivity contribution in [2.75, 3.05) is 25.5 Å². The molecule has 1 atom stereocenters. The number of aliphatic hydroxyl groups excluding tert-OH is 1. The third-order valence-electron chi connectivity index (χ3n) is 5.89. The van der Waals surface area contributed by atoms with Gasteiger partial charge in [-0.1, -0.05) is 54.9 Å². The Morgan fingerprint density at radius 1 is 1.26 bits per heavy atom. The molecule has 1 unspecified atom stereocenters. The molecular formula is C25H26ClN5O3. The Morgan fingerprint density at radius 2 is 2.06 bits per heavy atom. The van der Waals surface area contributed by atoms with Crippen LogP contribution in [0.25, 0.3) is 11.3 Å². The molecule has 1 aliphatic rings. The highest BCUT2D eigenvalue weighted by Crippen LogP contribution is 2.31. The number of aliphatic hydroxyl groups is 1. The fourth-order valence-electron chi connectivity index (χ4n) is 4.16. The number of aromatic nitrogens is 2. The Hall–Kier alpha value is -3.49. The van der Waals surface area contributed by atoms with Gasteiger partial charge in [0.2, 0.25) is 11.9 Å². The maximum absolute atomic E-state index is 13.1. The van der Waals surface area contributed by atoms with E-state index >= 15 is 0 Å². The number of hydrogen-bond acceptors (Lipinski definition) is 6. The largest absolute Gasteiger partial charge is 0.394 e. The predicted octanol–water partition coefficient (Wildman–Crippen LogP) is 3.21. The molecule has 4 rings (SSSR count). The third kappa shape index (κ3) is 4.73. The Morgan fingerprint density at radius 3 is 2.79 bits per heavy atom. The average Bonchev–Trinajstić information content (AvgIpc) is 3.17. The summed E-state index contributed by atoms with van der Waals surface area (Å²) >= 11 is 6.29. The Balaban J connectivity index is 1.49.